The van der Waals surface area contributed by atoms with Crippen molar-refractivity contribution >= 4 is 5.84 Å². The third kappa shape index (κ3) is 4.48. The lowest BCUT2D eigenvalue weighted by Crippen LogP contribution is -2.49. The Labute approximate surface area is 111 Å². The highest BCUT2D eigenvalue weighted by Gasteiger charge is 2.27. The van der Waals surface area contributed by atoms with Crippen molar-refractivity contribution in [3.63, 3.8) is 0 Å². The van der Waals surface area contributed by atoms with Crippen LogP contribution in [0.25, 0.3) is 0 Å². The summed E-state index contributed by atoms with van der Waals surface area (Å²) in [4.78, 5) is 2.42. The maximum absolute atomic E-state index is 8.87. The topological polar surface area (TPSA) is 61.8 Å². The van der Waals surface area contributed by atoms with E-state index in [1.54, 1.807) is 0 Å². The second kappa shape index (κ2) is 8.35. The Bertz CT molecular complexity index is 255. The summed E-state index contributed by atoms with van der Waals surface area (Å²) in [5, 5.41) is 12.1. The molecule has 1 rings (SSSR count). The number of oxime groups is 1. The van der Waals surface area contributed by atoms with Crippen molar-refractivity contribution in [1.29, 1.82) is 0 Å². The summed E-state index contributed by atoms with van der Waals surface area (Å²) in [5.74, 6) is 1.14. The van der Waals surface area contributed by atoms with Crippen molar-refractivity contribution in [3.05, 3.63) is 0 Å². The fourth-order valence-electron chi connectivity index (χ4n) is 2.86. The molecule has 1 aliphatic heterocycles. The molecule has 0 amide bonds. The molecule has 0 aliphatic carbocycles. The number of unbranched alkanes of at least 4 members (excludes halogenated alkanes) is 1. The highest BCUT2D eigenvalue weighted by molar-refractivity contribution is 5.85. The first kappa shape index (κ1) is 15.3. The molecule has 1 heterocycles. The van der Waals surface area contributed by atoms with E-state index in [-0.39, 0.29) is 6.04 Å². The Balaban J connectivity index is 2.54. The number of piperidine rings is 1. The van der Waals surface area contributed by atoms with Crippen LogP contribution in [0.2, 0.25) is 0 Å². The fourth-order valence-corrected chi connectivity index (χ4v) is 2.86. The van der Waals surface area contributed by atoms with E-state index in [1.807, 2.05) is 0 Å². The molecule has 0 aromatic carbocycles. The van der Waals surface area contributed by atoms with Crippen LogP contribution in [0, 0.1) is 5.92 Å². The zero-order chi connectivity index (χ0) is 13.4. The van der Waals surface area contributed by atoms with Gasteiger partial charge in [0.25, 0.3) is 0 Å². The SMILES string of the molecule is CCCCC(CC)CN1CCCCC1C(N)=NO. The minimum Gasteiger partial charge on any atom is -0.409 e. The van der Waals surface area contributed by atoms with E-state index < -0.39 is 0 Å². The van der Waals surface area contributed by atoms with Crippen molar-refractivity contribution in [2.75, 3.05) is 13.1 Å². The molecule has 0 bridgehead atoms. The lowest BCUT2D eigenvalue weighted by atomic mass is 9.95. The van der Waals surface area contributed by atoms with Gasteiger partial charge in [0.2, 0.25) is 0 Å². The Morgan fingerprint density at radius 2 is 2.22 bits per heavy atom. The number of likely N-dealkylation sites (tertiary alicyclic amines) is 1. The Hall–Kier alpha value is -0.770. The van der Waals surface area contributed by atoms with Crippen LogP contribution in [0.15, 0.2) is 5.16 Å². The van der Waals surface area contributed by atoms with E-state index in [0.29, 0.717) is 5.84 Å². The third-order valence-corrected chi connectivity index (χ3v) is 4.11. The summed E-state index contributed by atoms with van der Waals surface area (Å²) < 4.78 is 0. The predicted octanol–water partition coefficient (Wildman–Crippen LogP) is 2.80. The van der Waals surface area contributed by atoms with Crippen LogP contribution in [0.5, 0.6) is 0 Å². The second-order valence-corrected chi connectivity index (χ2v) is 5.45. The van der Waals surface area contributed by atoms with Crippen LogP contribution in [0.3, 0.4) is 0 Å². The zero-order valence-corrected chi connectivity index (χ0v) is 11.9. The highest BCUT2D eigenvalue weighted by Crippen LogP contribution is 2.22. The van der Waals surface area contributed by atoms with Gasteiger partial charge in [-0.1, -0.05) is 44.7 Å². The number of amidine groups is 1. The summed E-state index contributed by atoms with van der Waals surface area (Å²) >= 11 is 0. The number of nitrogens with zero attached hydrogens (tertiary/aromatic N) is 2. The maximum Gasteiger partial charge on any atom is 0.156 e. The molecule has 106 valence electrons. The first-order valence-electron chi connectivity index (χ1n) is 7.44. The summed E-state index contributed by atoms with van der Waals surface area (Å²) in [6.45, 7) is 6.69. The molecule has 0 saturated carbocycles. The number of rotatable bonds is 7. The van der Waals surface area contributed by atoms with Crippen molar-refractivity contribution in [2.45, 2.75) is 64.8 Å². The van der Waals surface area contributed by atoms with Gasteiger partial charge in [-0.05, 0) is 31.7 Å². The van der Waals surface area contributed by atoms with Crippen LogP contribution in [0.4, 0.5) is 0 Å². The molecule has 0 aromatic heterocycles. The molecule has 2 unspecified atom stereocenters. The molecular formula is C14H29N3O. The van der Waals surface area contributed by atoms with Gasteiger partial charge in [0.05, 0.1) is 6.04 Å². The minimum absolute atomic E-state index is 0.152. The van der Waals surface area contributed by atoms with Crippen LogP contribution in [-0.4, -0.2) is 35.1 Å². The lowest BCUT2D eigenvalue weighted by molar-refractivity contribution is 0.153. The molecule has 4 nitrogen and oxygen atoms in total. The van der Waals surface area contributed by atoms with Gasteiger partial charge >= 0.3 is 0 Å². The molecular weight excluding hydrogens is 226 g/mol. The predicted molar refractivity (Wildman–Crippen MR) is 75.9 cm³/mol. The average molecular weight is 255 g/mol. The molecule has 1 fully saturated rings. The van der Waals surface area contributed by atoms with E-state index in [0.717, 1.165) is 25.4 Å². The van der Waals surface area contributed by atoms with Crippen LogP contribution in [-0.2, 0) is 0 Å². The van der Waals surface area contributed by atoms with Crippen molar-refractivity contribution in [1.82, 2.24) is 4.90 Å². The van der Waals surface area contributed by atoms with Gasteiger partial charge in [0.1, 0.15) is 0 Å². The Morgan fingerprint density at radius 3 is 2.83 bits per heavy atom. The summed E-state index contributed by atoms with van der Waals surface area (Å²) in [5.41, 5.74) is 5.81. The first-order chi connectivity index (χ1) is 8.72. The molecule has 0 radical (unpaired) electrons. The molecule has 0 spiro atoms. The van der Waals surface area contributed by atoms with Gasteiger partial charge in [-0.15, -0.1) is 0 Å². The van der Waals surface area contributed by atoms with Gasteiger partial charge in [-0.25, -0.2) is 0 Å². The fraction of sp³-hybridized carbons (Fsp3) is 0.929. The van der Waals surface area contributed by atoms with Crippen LogP contribution < -0.4 is 5.73 Å². The van der Waals surface area contributed by atoms with Gasteiger partial charge in [-0.3, -0.25) is 4.90 Å². The molecule has 2 atom stereocenters. The van der Waals surface area contributed by atoms with Crippen LogP contribution >= 0.6 is 0 Å². The Morgan fingerprint density at radius 1 is 1.44 bits per heavy atom. The quantitative estimate of drug-likeness (QED) is 0.318. The Kier molecular flexibility index (Phi) is 7.09. The van der Waals surface area contributed by atoms with E-state index >= 15 is 0 Å². The van der Waals surface area contributed by atoms with Crippen molar-refractivity contribution < 1.29 is 5.21 Å². The molecule has 3 N–H and O–H groups in total. The first-order valence-corrected chi connectivity index (χ1v) is 7.44. The highest BCUT2D eigenvalue weighted by atomic mass is 16.4. The van der Waals surface area contributed by atoms with E-state index in [4.69, 9.17) is 10.9 Å². The van der Waals surface area contributed by atoms with Gasteiger partial charge in [-0.2, -0.15) is 0 Å². The van der Waals surface area contributed by atoms with Crippen molar-refractivity contribution in [2.24, 2.45) is 16.8 Å². The van der Waals surface area contributed by atoms with E-state index in [9.17, 15) is 0 Å². The second-order valence-electron chi connectivity index (χ2n) is 5.45. The minimum atomic E-state index is 0.152. The zero-order valence-electron chi connectivity index (χ0n) is 11.9. The lowest BCUT2D eigenvalue weighted by Gasteiger charge is -2.37. The van der Waals surface area contributed by atoms with Crippen molar-refractivity contribution in [3.8, 4) is 0 Å². The largest absolute Gasteiger partial charge is 0.409 e. The smallest absolute Gasteiger partial charge is 0.156 e. The molecule has 0 aromatic rings. The third-order valence-electron chi connectivity index (χ3n) is 4.11. The molecule has 1 saturated heterocycles. The van der Waals surface area contributed by atoms with Gasteiger partial charge < -0.3 is 10.9 Å². The number of hydrogen-bond acceptors (Lipinski definition) is 3. The number of nitrogens with two attached hydrogens (primary N) is 1. The molecule has 4 heteroatoms. The molecule has 1 aliphatic rings. The van der Waals surface area contributed by atoms with Gasteiger partial charge in [0, 0.05) is 6.54 Å². The summed E-state index contributed by atoms with van der Waals surface area (Å²) in [7, 11) is 0. The standard InChI is InChI=1S/C14H29N3O/c1-3-5-8-12(4-2)11-17-10-7-6-9-13(17)14(15)16-18/h12-13,18H,3-11H2,1-2H3,(H2,15,16). The van der Waals surface area contributed by atoms with E-state index in [1.165, 1.54) is 38.5 Å². The maximum atomic E-state index is 8.87. The number of hydrogen-bond donors (Lipinski definition) is 2. The van der Waals surface area contributed by atoms with E-state index in [2.05, 4.69) is 23.9 Å². The van der Waals surface area contributed by atoms with Crippen LogP contribution in [0.1, 0.15) is 58.8 Å². The monoisotopic (exact) mass is 255 g/mol. The normalized spacial score (nSPS) is 24.1. The summed E-state index contributed by atoms with van der Waals surface area (Å²) in [6, 6.07) is 0.152. The van der Waals surface area contributed by atoms with Gasteiger partial charge in [0.15, 0.2) is 5.84 Å². The average Bonchev–Trinajstić information content (AvgIpc) is 2.43. The molecule has 18 heavy (non-hydrogen) atoms. The summed E-state index contributed by atoms with van der Waals surface area (Å²) in [6.07, 6.45) is 8.54.